The average Bonchev–Trinajstić information content (AvgIpc) is 3.14. The van der Waals surface area contributed by atoms with Crippen LogP contribution in [0.2, 0.25) is 10.0 Å². The number of methoxy groups -OCH3 is 1. The fourth-order valence-corrected chi connectivity index (χ4v) is 3.75. The minimum absolute atomic E-state index is 0.103. The zero-order chi connectivity index (χ0) is 26.5. The second kappa shape index (κ2) is 11.8. The molecule has 1 amide bonds. The minimum Gasteiger partial charge on any atom is -0.504 e. The molecule has 0 unspecified atom stereocenters. The summed E-state index contributed by atoms with van der Waals surface area (Å²) in [7, 11) is 3.64. The lowest BCUT2D eigenvalue weighted by atomic mass is 10.1. The third-order valence-electron chi connectivity index (χ3n) is 5.12. The predicted octanol–water partition coefficient (Wildman–Crippen LogP) is 5.01. The van der Waals surface area contributed by atoms with Gasteiger partial charge in [-0.3, -0.25) is 9.69 Å². The van der Waals surface area contributed by atoms with E-state index in [4.69, 9.17) is 27.9 Å². The van der Waals surface area contributed by atoms with Crippen LogP contribution in [0.1, 0.15) is 36.8 Å². The minimum atomic E-state index is -0.511. The number of hydrogen-bond acceptors (Lipinski definition) is 5. The molecule has 0 saturated carbocycles. The fourth-order valence-electron chi connectivity index (χ4n) is 3.36. The monoisotopic (exact) mass is 528 g/mol. The van der Waals surface area contributed by atoms with Gasteiger partial charge in [0.05, 0.1) is 23.9 Å². The van der Waals surface area contributed by atoms with Crippen molar-refractivity contribution in [3.8, 4) is 34.5 Å². The third kappa shape index (κ3) is 7.02. The van der Waals surface area contributed by atoms with Gasteiger partial charge in [0.25, 0.3) is 5.91 Å². The lowest BCUT2D eigenvalue weighted by Crippen LogP contribution is -2.40. The van der Waals surface area contributed by atoms with E-state index in [2.05, 4.69) is 27.2 Å². The van der Waals surface area contributed by atoms with Crippen LogP contribution >= 0.6 is 23.2 Å². The average molecular weight is 529 g/mol. The molecule has 3 rings (SSSR count). The highest BCUT2D eigenvalue weighted by Crippen LogP contribution is 2.37. The Morgan fingerprint density at radius 1 is 1.19 bits per heavy atom. The molecule has 7 nitrogen and oxygen atoms in total. The van der Waals surface area contributed by atoms with E-state index in [0.717, 1.165) is 12.1 Å². The molecular weight excluding hydrogens is 499 g/mol. The van der Waals surface area contributed by atoms with Gasteiger partial charge in [-0.15, -0.1) is 0 Å². The van der Waals surface area contributed by atoms with Gasteiger partial charge in [-0.05, 0) is 58.2 Å². The van der Waals surface area contributed by atoms with Crippen molar-refractivity contribution < 1.29 is 14.6 Å². The molecule has 0 fully saturated rings. The molecule has 0 saturated heterocycles. The second-order valence-electron chi connectivity index (χ2n) is 9.37. The van der Waals surface area contributed by atoms with E-state index in [1.165, 1.54) is 4.68 Å². The largest absolute Gasteiger partial charge is 0.504 e. The zero-order valence-electron chi connectivity index (χ0n) is 21.0. The van der Waals surface area contributed by atoms with Crippen molar-refractivity contribution in [3.63, 3.8) is 0 Å². The van der Waals surface area contributed by atoms with Gasteiger partial charge >= 0.3 is 0 Å². The fraction of sp³-hybridized carbons (Fsp3) is 0.333. The zero-order valence-corrected chi connectivity index (χ0v) is 22.5. The number of aromatic hydroxyl groups is 1. The van der Waals surface area contributed by atoms with Crippen LogP contribution < -0.4 is 5.32 Å². The third-order valence-corrected chi connectivity index (χ3v) is 5.67. The number of halogens is 2. The first kappa shape index (κ1) is 27.6. The molecule has 2 N–H and O–H groups in total. The van der Waals surface area contributed by atoms with Crippen molar-refractivity contribution in [3.05, 3.63) is 63.8 Å². The molecule has 0 bridgehead atoms. The summed E-state index contributed by atoms with van der Waals surface area (Å²) in [5.74, 6) is 5.49. The van der Waals surface area contributed by atoms with Gasteiger partial charge in [-0.2, -0.15) is 5.10 Å². The maximum atomic E-state index is 12.9. The molecule has 0 spiro atoms. The summed E-state index contributed by atoms with van der Waals surface area (Å²) in [5.41, 5.74) is 1.57. The van der Waals surface area contributed by atoms with E-state index in [9.17, 15) is 9.90 Å². The standard InChI is InChI=1S/C27H30Cl2N4O3/c1-27(2,3)30-26(35)23-25(34)24(19-9-11-20(28)12-10-19)33(31-23)22-13-8-18(17-21(22)29)7-6-14-32(4)15-16-36-5/h8-13,17,34H,14-16H2,1-5H3,(H,30,35). The number of aromatic nitrogens is 2. The summed E-state index contributed by atoms with van der Waals surface area (Å²) < 4.78 is 6.55. The summed E-state index contributed by atoms with van der Waals surface area (Å²) in [6.45, 7) is 7.57. The SMILES string of the molecule is COCCN(C)CC#Cc1ccc(-n2nc(C(=O)NC(C)(C)C)c(O)c2-c2ccc(Cl)cc2)c(Cl)c1. The first-order valence-electron chi connectivity index (χ1n) is 11.4. The number of carbonyl (C=O) groups excluding carboxylic acids is 1. The highest BCUT2D eigenvalue weighted by Gasteiger charge is 2.27. The molecule has 36 heavy (non-hydrogen) atoms. The normalized spacial score (nSPS) is 11.3. The molecule has 190 valence electrons. The molecule has 0 radical (unpaired) electrons. The topological polar surface area (TPSA) is 79.6 Å². The lowest BCUT2D eigenvalue weighted by Gasteiger charge is -2.19. The summed E-state index contributed by atoms with van der Waals surface area (Å²) in [5, 5.41) is 19.3. The number of rotatable bonds is 7. The van der Waals surface area contributed by atoms with Crippen molar-refractivity contribution in [1.82, 2.24) is 20.0 Å². The second-order valence-corrected chi connectivity index (χ2v) is 10.2. The van der Waals surface area contributed by atoms with Crippen LogP contribution in [0.4, 0.5) is 0 Å². The number of benzene rings is 2. The van der Waals surface area contributed by atoms with E-state index in [1.54, 1.807) is 43.5 Å². The van der Waals surface area contributed by atoms with Gasteiger partial charge in [0.1, 0.15) is 5.69 Å². The molecule has 1 heterocycles. The number of carbonyl (C=O) groups is 1. The summed E-state index contributed by atoms with van der Waals surface area (Å²) in [6.07, 6.45) is 0. The van der Waals surface area contributed by atoms with E-state index in [1.807, 2.05) is 33.9 Å². The van der Waals surface area contributed by atoms with E-state index in [0.29, 0.717) is 40.1 Å². The van der Waals surface area contributed by atoms with Crippen molar-refractivity contribution >= 4 is 29.1 Å². The van der Waals surface area contributed by atoms with Crippen LogP contribution in [0.15, 0.2) is 42.5 Å². The Morgan fingerprint density at radius 3 is 2.50 bits per heavy atom. The number of amides is 1. The predicted molar refractivity (Wildman–Crippen MR) is 144 cm³/mol. The van der Waals surface area contributed by atoms with Gasteiger partial charge < -0.3 is 15.2 Å². The number of nitrogens with one attached hydrogen (secondary N) is 1. The summed E-state index contributed by atoms with van der Waals surface area (Å²) in [6, 6.07) is 12.2. The first-order valence-corrected chi connectivity index (χ1v) is 12.1. The van der Waals surface area contributed by atoms with Crippen LogP contribution in [-0.4, -0.2) is 65.1 Å². The Labute approximate surface area is 222 Å². The van der Waals surface area contributed by atoms with E-state index in [-0.39, 0.29) is 11.4 Å². The Morgan fingerprint density at radius 2 is 1.89 bits per heavy atom. The van der Waals surface area contributed by atoms with Gasteiger partial charge in [0.15, 0.2) is 11.4 Å². The maximum Gasteiger partial charge on any atom is 0.276 e. The van der Waals surface area contributed by atoms with Crippen molar-refractivity contribution in [2.24, 2.45) is 0 Å². The van der Waals surface area contributed by atoms with Gasteiger partial charge in [-0.1, -0.05) is 47.2 Å². The number of hydrogen-bond donors (Lipinski definition) is 2. The maximum absolute atomic E-state index is 12.9. The van der Waals surface area contributed by atoms with Gasteiger partial charge in [0.2, 0.25) is 0 Å². The smallest absolute Gasteiger partial charge is 0.276 e. The van der Waals surface area contributed by atoms with Gasteiger partial charge in [-0.25, -0.2) is 4.68 Å². The molecule has 1 aromatic heterocycles. The van der Waals surface area contributed by atoms with Crippen LogP contribution in [0.3, 0.4) is 0 Å². The molecule has 0 aliphatic carbocycles. The van der Waals surface area contributed by atoms with Crippen LogP contribution in [0, 0.1) is 11.8 Å². The Bertz CT molecular complexity index is 1290. The van der Waals surface area contributed by atoms with Crippen LogP contribution in [0.25, 0.3) is 16.9 Å². The Balaban J connectivity index is 2.01. The Hall–Kier alpha value is -3.02. The first-order chi connectivity index (χ1) is 17.0. The highest BCUT2D eigenvalue weighted by molar-refractivity contribution is 6.32. The molecule has 3 aromatic rings. The molecular formula is C27H30Cl2N4O3. The van der Waals surface area contributed by atoms with Crippen LogP contribution in [-0.2, 0) is 4.74 Å². The van der Waals surface area contributed by atoms with E-state index >= 15 is 0 Å². The van der Waals surface area contributed by atoms with Crippen LogP contribution in [0.5, 0.6) is 5.75 Å². The summed E-state index contributed by atoms with van der Waals surface area (Å²) in [4.78, 5) is 15.0. The van der Waals surface area contributed by atoms with Gasteiger partial charge in [0, 0.05) is 35.3 Å². The number of nitrogens with zero attached hydrogens (tertiary/aromatic N) is 3. The number of likely N-dealkylation sites (N-methyl/N-ethyl adjacent to an activating group) is 1. The molecule has 0 atom stereocenters. The van der Waals surface area contributed by atoms with Crippen molar-refractivity contribution in [2.75, 3.05) is 33.9 Å². The molecule has 0 aliphatic rings. The molecule has 0 aliphatic heterocycles. The highest BCUT2D eigenvalue weighted by atomic mass is 35.5. The molecule has 9 heteroatoms. The Kier molecular flexibility index (Phi) is 9.04. The van der Waals surface area contributed by atoms with Crippen molar-refractivity contribution in [1.29, 1.82) is 0 Å². The number of ether oxygens (including phenoxy) is 1. The molecule has 2 aromatic carbocycles. The van der Waals surface area contributed by atoms with Crippen molar-refractivity contribution in [2.45, 2.75) is 26.3 Å². The summed E-state index contributed by atoms with van der Waals surface area (Å²) >= 11 is 12.7. The quantitative estimate of drug-likeness (QED) is 0.421. The lowest BCUT2D eigenvalue weighted by molar-refractivity contribution is 0.0911. The van der Waals surface area contributed by atoms with E-state index < -0.39 is 11.4 Å².